The van der Waals surface area contributed by atoms with E-state index in [0.29, 0.717) is 0 Å². The number of esters is 1. The summed E-state index contributed by atoms with van der Waals surface area (Å²) >= 11 is 4.86. The second-order valence-corrected chi connectivity index (χ2v) is 2.23. The van der Waals surface area contributed by atoms with Gasteiger partial charge < -0.3 is 9.47 Å². The lowest BCUT2D eigenvalue weighted by atomic mass is 10.4. The summed E-state index contributed by atoms with van der Waals surface area (Å²) < 4.78 is 8.89. The summed E-state index contributed by atoms with van der Waals surface area (Å²) in [5, 5.41) is 0. The van der Waals surface area contributed by atoms with Crippen molar-refractivity contribution in [3.05, 3.63) is 12.7 Å². The van der Waals surface area contributed by atoms with Crippen LogP contribution in [-0.2, 0) is 14.3 Å². The van der Waals surface area contributed by atoms with Crippen molar-refractivity contribution < 1.29 is 19.1 Å². The fourth-order valence-electron chi connectivity index (χ4n) is 0.446. The highest BCUT2D eigenvalue weighted by Gasteiger charge is 2.17. The van der Waals surface area contributed by atoms with Crippen LogP contribution in [-0.4, -0.2) is 24.1 Å². The number of hydrogen-bond donors (Lipinski definition) is 0. The minimum absolute atomic E-state index is 0.0863. The van der Waals surface area contributed by atoms with Crippen LogP contribution in [0.4, 0.5) is 4.79 Å². The molecule has 0 spiro atoms. The minimum atomic E-state index is -1.03. The van der Waals surface area contributed by atoms with Crippen LogP contribution in [0.25, 0.3) is 0 Å². The first-order chi connectivity index (χ1) is 5.57. The third kappa shape index (κ3) is 4.73. The van der Waals surface area contributed by atoms with Gasteiger partial charge in [-0.2, -0.15) is 0 Å². The van der Waals surface area contributed by atoms with Crippen LogP contribution in [0.3, 0.4) is 0 Å². The summed E-state index contributed by atoms with van der Waals surface area (Å²) in [6, 6.07) is 0. The van der Waals surface area contributed by atoms with Gasteiger partial charge in [-0.25, -0.2) is 9.59 Å². The maximum atomic E-state index is 10.8. The molecule has 0 saturated heterocycles. The van der Waals surface area contributed by atoms with E-state index in [1.54, 1.807) is 0 Å². The summed E-state index contributed by atoms with van der Waals surface area (Å²) in [4.78, 5) is 21.0. The van der Waals surface area contributed by atoms with E-state index in [9.17, 15) is 9.59 Å². The van der Waals surface area contributed by atoms with Crippen LogP contribution < -0.4 is 0 Å². The zero-order valence-electron chi connectivity index (χ0n) is 6.58. The molecule has 0 aliphatic heterocycles. The third-order valence-corrected chi connectivity index (χ3v) is 1.03. The van der Waals surface area contributed by atoms with Gasteiger partial charge in [-0.05, 0) is 6.92 Å². The Morgan fingerprint density at radius 2 is 2.25 bits per heavy atom. The smallest absolute Gasteiger partial charge is 0.404 e. The Morgan fingerprint density at radius 3 is 2.67 bits per heavy atom. The van der Waals surface area contributed by atoms with Gasteiger partial charge in [-0.15, -0.1) is 0 Å². The number of ether oxygens (including phenoxy) is 2. The van der Waals surface area contributed by atoms with Gasteiger partial charge in [0.25, 0.3) is 0 Å². The molecular formula is C7H9ClO4. The molecule has 0 aliphatic carbocycles. The molecule has 0 amide bonds. The van der Waals surface area contributed by atoms with Crippen molar-refractivity contribution in [3.63, 3.8) is 0 Å². The molecule has 1 unspecified atom stereocenters. The summed E-state index contributed by atoms with van der Waals surface area (Å²) in [7, 11) is 0. The highest BCUT2D eigenvalue weighted by atomic mass is 35.5. The molecule has 1 atom stereocenters. The lowest BCUT2D eigenvalue weighted by Gasteiger charge is -2.08. The Labute approximate surface area is 75.1 Å². The van der Waals surface area contributed by atoms with Crippen molar-refractivity contribution in [2.24, 2.45) is 0 Å². The number of carbonyl (C=O) groups excluding carboxylic acids is 2. The first-order valence-electron chi connectivity index (χ1n) is 3.21. The molecule has 0 radical (unpaired) electrons. The molecule has 0 fully saturated rings. The van der Waals surface area contributed by atoms with Gasteiger partial charge in [0.05, 0.1) is 0 Å². The van der Waals surface area contributed by atoms with E-state index in [2.05, 4.69) is 16.1 Å². The normalized spacial score (nSPS) is 11.5. The van der Waals surface area contributed by atoms with E-state index in [1.165, 1.54) is 13.0 Å². The van der Waals surface area contributed by atoms with E-state index >= 15 is 0 Å². The molecule has 0 rings (SSSR count). The van der Waals surface area contributed by atoms with Crippen LogP contribution in [0, 0.1) is 0 Å². The van der Waals surface area contributed by atoms with E-state index in [4.69, 9.17) is 11.6 Å². The number of halogens is 1. The fraction of sp³-hybridized carbons (Fsp3) is 0.429. The van der Waals surface area contributed by atoms with Gasteiger partial charge in [0.15, 0.2) is 6.10 Å². The number of rotatable bonds is 4. The van der Waals surface area contributed by atoms with Crippen molar-refractivity contribution in [1.29, 1.82) is 0 Å². The number of carbonyl (C=O) groups is 2. The fourth-order valence-corrected chi connectivity index (χ4v) is 0.579. The Hall–Kier alpha value is -1.03. The molecule has 0 aromatic rings. The van der Waals surface area contributed by atoms with E-state index in [-0.39, 0.29) is 6.61 Å². The predicted molar refractivity (Wildman–Crippen MR) is 43.0 cm³/mol. The molecular weight excluding hydrogens is 184 g/mol. The van der Waals surface area contributed by atoms with Gasteiger partial charge in [-0.3, -0.25) is 0 Å². The molecule has 4 nitrogen and oxygen atoms in total. The molecule has 0 heterocycles. The maximum absolute atomic E-state index is 10.8. The van der Waals surface area contributed by atoms with Crippen LogP contribution in [0.5, 0.6) is 0 Å². The zero-order valence-corrected chi connectivity index (χ0v) is 7.34. The Bertz CT molecular complexity index is 190. The van der Waals surface area contributed by atoms with Crippen molar-refractivity contribution in [2.45, 2.75) is 13.0 Å². The van der Waals surface area contributed by atoms with Crippen LogP contribution in [0.1, 0.15) is 6.92 Å². The first-order valence-corrected chi connectivity index (χ1v) is 3.59. The van der Waals surface area contributed by atoms with Gasteiger partial charge in [0, 0.05) is 11.6 Å². The zero-order chi connectivity index (χ0) is 9.56. The summed E-state index contributed by atoms with van der Waals surface area (Å²) in [5.41, 5.74) is -1.03. The molecule has 12 heavy (non-hydrogen) atoms. The molecule has 68 valence electrons. The van der Waals surface area contributed by atoms with Gasteiger partial charge in [0.2, 0.25) is 0 Å². The van der Waals surface area contributed by atoms with Gasteiger partial charge in [0.1, 0.15) is 6.61 Å². The standard InChI is InChI=1S/C7H9ClO4/c1-3-4-11-6(9)5(2)12-7(8)10/h3,5H,1,4H2,2H3. The molecule has 0 bridgehead atoms. The predicted octanol–water partition coefficient (Wildman–Crippen LogP) is 1.48. The van der Waals surface area contributed by atoms with Crippen LogP contribution >= 0.6 is 11.6 Å². The average molecular weight is 193 g/mol. The topological polar surface area (TPSA) is 52.6 Å². The molecule has 0 N–H and O–H groups in total. The van der Waals surface area contributed by atoms with Crippen molar-refractivity contribution in [3.8, 4) is 0 Å². The highest BCUT2D eigenvalue weighted by molar-refractivity contribution is 6.61. The maximum Gasteiger partial charge on any atom is 0.404 e. The quantitative estimate of drug-likeness (QED) is 0.385. The summed E-state index contributed by atoms with van der Waals surface area (Å²) in [6.07, 6.45) is 0.433. The lowest BCUT2D eigenvalue weighted by molar-refractivity contribution is -0.150. The van der Waals surface area contributed by atoms with Crippen molar-refractivity contribution in [1.82, 2.24) is 0 Å². The van der Waals surface area contributed by atoms with Gasteiger partial charge >= 0.3 is 11.4 Å². The second-order valence-electron chi connectivity index (χ2n) is 1.92. The molecule has 0 aliphatic rings. The summed E-state index contributed by atoms with van der Waals surface area (Å²) in [6.45, 7) is 4.79. The highest BCUT2D eigenvalue weighted by Crippen LogP contribution is 1.98. The van der Waals surface area contributed by atoms with Crippen LogP contribution in [0.15, 0.2) is 12.7 Å². The molecule has 5 heteroatoms. The lowest BCUT2D eigenvalue weighted by Crippen LogP contribution is -2.24. The average Bonchev–Trinajstić information content (AvgIpc) is 1.98. The largest absolute Gasteiger partial charge is 0.459 e. The molecule has 0 saturated carbocycles. The van der Waals surface area contributed by atoms with E-state index < -0.39 is 17.5 Å². The van der Waals surface area contributed by atoms with Crippen LogP contribution in [0.2, 0.25) is 0 Å². The van der Waals surface area contributed by atoms with Crippen molar-refractivity contribution >= 4 is 23.0 Å². The Morgan fingerprint density at radius 1 is 1.67 bits per heavy atom. The SMILES string of the molecule is C=CCOC(=O)C(C)OC(=O)Cl. The third-order valence-electron chi connectivity index (χ3n) is 0.945. The Balaban J connectivity index is 3.76. The van der Waals surface area contributed by atoms with Gasteiger partial charge in [-0.1, -0.05) is 12.7 Å². The van der Waals surface area contributed by atoms with E-state index in [1.807, 2.05) is 0 Å². The second kappa shape index (κ2) is 5.60. The Kier molecular flexibility index (Phi) is 5.12. The first kappa shape index (κ1) is 11.0. The minimum Gasteiger partial charge on any atom is -0.459 e. The van der Waals surface area contributed by atoms with E-state index in [0.717, 1.165) is 0 Å². The molecule has 0 aromatic carbocycles. The number of hydrogen-bond acceptors (Lipinski definition) is 4. The summed E-state index contributed by atoms with van der Waals surface area (Å²) in [5.74, 6) is -0.649. The molecule has 0 aromatic heterocycles. The monoisotopic (exact) mass is 192 g/mol. The van der Waals surface area contributed by atoms with Crippen molar-refractivity contribution in [2.75, 3.05) is 6.61 Å².